The Morgan fingerprint density at radius 1 is 1.53 bits per heavy atom. The second kappa shape index (κ2) is 6.68. The SMILES string of the molecule is COCCNCc1cn(CCC(C)(C)O)nn1. The van der Waals surface area contributed by atoms with Crippen LogP contribution in [-0.2, 0) is 17.8 Å². The van der Waals surface area contributed by atoms with Crippen LogP contribution in [0.2, 0.25) is 0 Å². The van der Waals surface area contributed by atoms with Crippen LogP contribution in [0.4, 0.5) is 0 Å². The second-order valence-corrected chi connectivity index (χ2v) is 4.70. The van der Waals surface area contributed by atoms with Crippen molar-refractivity contribution in [3.05, 3.63) is 11.9 Å². The average molecular weight is 242 g/mol. The molecule has 0 aliphatic rings. The molecule has 0 aliphatic heterocycles. The molecule has 0 saturated heterocycles. The smallest absolute Gasteiger partial charge is 0.0964 e. The third-order valence-electron chi connectivity index (χ3n) is 2.33. The lowest BCUT2D eigenvalue weighted by molar-refractivity contribution is 0.0649. The van der Waals surface area contributed by atoms with Gasteiger partial charge in [0.1, 0.15) is 0 Å². The van der Waals surface area contributed by atoms with E-state index in [-0.39, 0.29) is 0 Å². The average Bonchev–Trinajstić information content (AvgIpc) is 2.69. The lowest BCUT2D eigenvalue weighted by Crippen LogP contribution is -2.21. The van der Waals surface area contributed by atoms with Crippen LogP contribution in [0.25, 0.3) is 0 Å². The molecule has 1 aromatic heterocycles. The Morgan fingerprint density at radius 3 is 2.94 bits per heavy atom. The van der Waals surface area contributed by atoms with E-state index in [1.807, 2.05) is 6.20 Å². The van der Waals surface area contributed by atoms with Crippen molar-refractivity contribution in [1.29, 1.82) is 0 Å². The van der Waals surface area contributed by atoms with E-state index in [0.29, 0.717) is 26.1 Å². The van der Waals surface area contributed by atoms with Crippen LogP contribution in [0.15, 0.2) is 6.20 Å². The second-order valence-electron chi connectivity index (χ2n) is 4.70. The molecule has 2 N–H and O–H groups in total. The van der Waals surface area contributed by atoms with Crippen LogP contribution in [-0.4, -0.2) is 46.0 Å². The number of aryl methyl sites for hydroxylation is 1. The van der Waals surface area contributed by atoms with Crippen LogP contribution in [0, 0.1) is 0 Å². The van der Waals surface area contributed by atoms with E-state index in [2.05, 4.69) is 15.6 Å². The highest BCUT2D eigenvalue weighted by Gasteiger charge is 2.12. The summed E-state index contributed by atoms with van der Waals surface area (Å²) in [5, 5.41) is 20.8. The highest BCUT2D eigenvalue weighted by Crippen LogP contribution is 2.08. The van der Waals surface area contributed by atoms with Crippen molar-refractivity contribution in [3.8, 4) is 0 Å². The van der Waals surface area contributed by atoms with E-state index in [1.165, 1.54) is 0 Å². The quantitative estimate of drug-likeness (QED) is 0.636. The van der Waals surface area contributed by atoms with Crippen molar-refractivity contribution in [2.75, 3.05) is 20.3 Å². The first-order valence-electron chi connectivity index (χ1n) is 5.82. The van der Waals surface area contributed by atoms with Gasteiger partial charge in [0.15, 0.2) is 0 Å². The molecule has 17 heavy (non-hydrogen) atoms. The molecule has 1 aromatic rings. The van der Waals surface area contributed by atoms with Gasteiger partial charge in [0.05, 0.1) is 17.9 Å². The van der Waals surface area contributed by atoms with E-state index in [9.17, 15) is 5.11 Å². The molecule has 1 rings (SSSR count). The molecule has 0 radical (unpaired) electrons. The fraction of sp³-hybridized carbons (Fsp3) is 0.818. The van der Waals surface area contributed by atoms with Gasteiger partial charge in [-0.25, -0.2) is 0 Å². The molecule has 98 valence electrons. The molecule has 0 saturated carbocycles. The number of aromatic nitrogens is 3. The molecule has 0 fully saturated rings. The fourth-order valence-corrected chi connectivity index (χ4v) is 1.31. The maximum absolute atomic E-state index is 9.60. The van der Waals surface area contributed by atoms with E-state index in [0.717, 1.165) is 12.2 Å². The van der Waals surface area contributed by atoms with Crippen LogP contribution in [0.1, 0.15) is 26.0 Å². The van der Waals surface area contributed by atoms with E-state index in [1.54, 1.807) is 25.6 Å². The van der Waals surface area contributed by atoms with Gasteiger partial charge in [0, 0.05) is 32.9 Å². The van der Waals surface area contributed by atoms with Crippen LogP contribution < -0.4 is 5.32 Å². The van der Waals surface area contributed by atoms with Crippen molar-refractivity contribution in [3.63, 3.8) is 0 Å². The number of ether oxygens (including phenoxy) is 1. The molecule has 0 bridgehead atoms. The van der Waals surface area contributed by atoms with Crippen molar-refractivity contribution in [2.24, 2.45) is 0 Å². The van der Waals surface area contributed by atoms with E-state index < -0.39 is 5.60 Å². The summed E-state index contributed by atoms with van der Waals surface area (Å²) in [5.74, 6) is 0. The minimum atomic E-state index is -0.664. The van der Waals surface area contributed by atoms with Gasteiger partial charge >= 0.3 is 0 Å². The third-order valence-corrected chi connectivity index (χ3v) is 2.33. The normalized spacial score (nSPS) is 12.0. The standard InChI is InChI=1S/C11H22N4O2/c1-11(2,16)4-6-15-9-10(13-14-15)8-12-5-7-17-3/h9,12,16H,4-8H2,1-3H3. The molecule has 0 spiro atoms. The van der Waals surface area contributed by atoms with Crippen molar-refractivity contribution in [2.45, 2.75) is 39.0 Å². The Hall–Kier alpha value is -0.980. The molecule has 1 heterocycles. The summed E-state index contributed by atoms with van der Waals surface area (Å²) in [4.78, 5) is 0. The molecular formula is C11H22N4O2. The van der Waals surface area contributed by atoms with E-state index >= 15 is 0 Å². The molecule has 0 unspecified atom stereocenters. The van der Waals surface area contributed by atoms with Gasteiger partial charge in [-0.1, -0.05) is 5.21 Å². The highest BCUT2D eigenvalue weighted by atomic mass is 16.5. The topological polar surface area (TPSA) is 72.2 Å². The summed E-state index contributed by atoms with van der Waals surface area (Å²) in [6, 6.07) is 0. The third kappa shape index (κ3) is 6.35. The lowest BCUT2D eigenvalue weighted by atomic mass is 10.1. The van der Waals surface area contributed by atoms with E-state index in [4.69, 9.17) is 4.74 Å². The van der Waals surface area contributed by atoms with Gasteiger partial charge in [-0.15, -0.1) is 5.10 Å². The summed E-state index contributed by atoms with van der Waals surface area (Å²) in [5.41, 5.74) is 0.236. The number of hydrogen-bond acceptors (Lipinski definition) is 5. The van der Waals surface area contributed by atoms with Crippen molar-refractivity contribution in [1.82, 2.24) is 20.3 Å². The predicted molar refractivity (Wildman–Crippen MR) is 64.5 cm³/mol. The minimum Gasteiger partial charge on any atom is -0.390 e. The Balaban J connectivity index is 2.28. The largest absolute Gasteiger partial charge is 0.390 e. The lowest BCUT2D eigenvalue weighted by Gasteiger charge is -2.15. The first kappa shape index (κ1) is 14.1. The van der Waals surface area contributed by atoms with Crippen molar-refractivity contribution >= 4 is 0 Å². The fourth-order valence-electron chi connectivity index (χ4n) is 1.31. The zero-order valence-corrected chi connectivity index (χ0v) is 10.8. The van der Waals surface area contributed by atoms with Crippen molar-refractivity contribution < 1.29 is 9.84 Å². The highest BCUT2D eigenvalue weighted by molar-refractivity contribution is 4.91. The number of methoxy groups -OCH3 is 1. The monoisotopic (exact) mass is 242 g/mol. The van der Waals surface area contributed by atoms with Gasteiger partial charge in [-0.2, -0.15) is 0 Å². The van der Waals surface area contributed by atoms with Gasteiger partial charge in [-0.05, 0) is 20.3 Å². The van der Waals surface area contributed by atoms with Crippen LogP contribution >= 0.6 is 0 Å². The molecule has 6 nitrogen and oxygen atoms in total. The number of hydrogen-bond donors (Lipinski definition) is 2. The maximum Gasteiger partial charge on any atom is 0.0964 e. The zero-order valence-electron chi connectivity index (χ0n) is 10.8. The molecule has 0 atom stereocenters. The number of aliphatic hydroxyl groups is 1. The molecular weight excluding hydrogens is 220 g/mol. The zero-order chi connectivity index (χ0) is 12.7. The summed E-state index contributed by atoms with van der Waals surface area (Å²) in [6.07, 6.45) is 2.55. The van der Waals surface area contributed by atoms with Gasteiger partial charge in [0.25, 0.3) is 0 Å². The Kier molecular flexibility index (Phi) is 5.54. The Bertz CT molecular complexity index is 320. The number of nitrogens with zero attached hydrogens (tertiary/aromatic N) is 3. The van der Waals surface area contributed by atoms with Gasteiger partial charge in [-0.3, -0.25) is 4.68 Å². The predicted octanol–water partition coefficient (Wildman–Crippen LogP) is 0.175. The summed E-state index contributed by atoms with van der Waals surface area (Å²) in [6.45, 7) is 6.43. The van der Waals surface area contributed by atoms with Gasteiger partial charge < -0.3 is 15.2 Å². The van der Waals surface area contributed by atoms with Crippen LogP contribution in [0.5, 0.6) is 0 Å². The summed E-state index contributed by atoms with van der Waals surface area (Å²) in [7, 11) is 1.68. The molecule has 0 amide bonds. The maximum atomic E-state index is 9.60. The Labute approximate surface area is 102 Å². The number of nitrogens with one attached hydrogen (secondary N) is 1. The Morgan fingerprint density at radius 2 is 2.29 bits per heavy atom. The summed E-state index contributed by atoms with van der Waals surface area (Å²) >= 11 is 0. The molecule has 6 heteroatoms. The minimum absolute atomic E-state index is 0.660. The van der Waals surface area contributed by atoms with Crippen LogP contribution in [0.3, 0.4) is 0 Å². The molecule has 0 aliphatic carbocycles. The summed E-state index contributed by atoms with van der Waals surface area (Å²) < 4.78 is 6.68. The molecule has 0 aromatic carbocycles. The first-order chi connectivity index (χ1) is 8.01. The number of rotatable bonds is 8. The van der Waals surface area contributed by atoms with Gasteiger partial charge in [0.2, 0.25) is 0 Å². The first-order valence-corrected chi connectivity index (χ1v) is 5.82.